The van der Waals surface area contributed by atoms with Gasteiger partial charge < -0.3 is 14.0 Å². The molecule has 0 aliphatic heterocycles. The van der Waals surface area contributed by atoms with Gasteiger partial charge in [-0.3, -0.25) is 0 Å². The fourth-order valence-electron chi connectivity index (χ4n) is 3.16. The number of carbonyl (C=O) groups is 1. The lowest BCUT2D eigenvalue weighted by atomic mass is 10.1. The van der Waals surface area contributed by atoms with Gasteiger partial charge in [0.1, 0.15) is 6.26 Å². The molecule has 0 aliphatic rings. The Morgan fingerprint density at radius 2 is 1.83 bits per heavy atom. The molecule has 0 bridgehead atoms. The van der Waals surface area contributed by atoms with Crippen LogP contribution in [0.5, 0.6) is 0 Å². The van der Waals surface area contributed by atoms with Crippen LogP contribution in [0.2, 0.25) is 0 Å². The summed E-state index contributed by atoms with van der Waals surface area (Å²) in [6.45, 7) is 0. The Labute approximate surface area is 168 Å². The molecule has 4 aromatic rings. The summed E-state index contributed by atoms with van der Waals surface area (Å²) in [6.07, 6.45) is 4.92. The van der Waals surface area contributed by atoms with Crippen molar-refractivity contribution in [2.75, 3.05) is 14.2 Å². The van der Waals surface area contributed by atoms with E-state index in [1.807, 2.05) is 60.7 Å². The van der Waals surface area contributed by atoms with Crippen molar-refractivity contribution in [1.29, 1.82) is 0 Å². The third-order valence-electron chi connectivity index (χ3n) is 4.56. The average molecular weight is 385 g/mol. The third-order valence-corrected chi connectivity index (χ3v) is 4.56. The number of hydrogen-bond acceptors (Lipinski definition) is 5. The van der Waals surface area contributed by atoms with Crippen molar-refractivity contribution in [3.63, 3.8) is 0 Å². The summed E-state index contributed by atoms with van der Waals surface area (Å²) < 4.78 is 11.7. The van der Waals surface area contributed by atoms with E-state index in [1.54, 1.807) is 17.0 Å². The van der Waals surface area contributed by atoms with Crippen LogP contribution in [0.25, 0.3) is 39.2 Å². The SMILES string of the molecule is COC=C(C(=O)OC)n1ccc2ccc(-c3nccc(-c4ccccc4)n3)cc21. The first kappa shape index (κ1) is 18.4. The lowest BCUT2D eigenvalue weighted by molar-refractivity contribution is -0.134. The van der Waals surface area contributed by atoms with Crippen LogP contribution in [0.4, 0.5) is 0 Å². The van der Waals surface area contributed by atoms with Crippen molar-refractivity contribution in [2.24, 2.45) is 0 Å². The first-order valence-electron chi connectivity index (χ1n) is 9.03. The minimum atomic E-state index is -0.489. The molecule has 0 saturated heterocycles. The monoisotopic (exact) mass is 385 g/mol. The molecule has 2 aromatic carbocycles. The molecule has 0 unspecified atom stereocenters. The van der Waals surface area contributed by atoms with E-state index in [0.29, 0.717) is 5.82 Å². The van der Waals surface area contributed by atoms with E-state index in [4.69, 9.17) is 14.5 Å². The second-order valence-corrected chi connectivity index (χ2v) is 6.32. The number of carbonyl (C=O) groups excluding carboxylic acids is 1. The van der Waals surface area contributed by atoms with Gasteiger partial charge in [-0.2, -0.15) is 0 Å². The van der Waals surface area contributed by atoms with E-state index in [1.165, 1.54) is 20.5 Å². The molecule has 0 radical (unpaired) electrons. The summed E-state index contributed by atoms with van der Waals surface area (Å²) in [5, 5.41) is 0.971. The number of fused-ring (bicyclic) bond motifs is 1. The van der Waals surface area contributed by atoms with Gasteiger partial charge in [0.25, 0.3) is 0 Å². The maximum atomic E-state index is 12.2. The lowest BCUT2D eigenvalue weighted by Gasteiger charge is -2.09. The molecule has 0 saturated carbocycles. The number of aromatic nitrogens is 3. The van der Waals surface area contributed by atoms with Gasteiger partial charge >= 0.3 is 5.97 Å². The number of nitrogens with zero attached hydrogens (tertiary/aromatic N) is 3. The summed E-state index contributed by atoms with van der Waals surface area (Å²) in [4.78, 5) is 21.3. The maximum absolute atomic E-state index is 12.2. The zero-order valence-electron chi connectivity index (χ0n) is 16.1. The molecule has 4 rings (SSSR count). The number of benzene rings is 2. The smallest absolute Gasteiger partial charge is 0.358 e. The van der Waals surface area contributed by atoms with Crippen molar-refractivity contribution < 1.29 is 14.3 Å². The summed E-state index contributed by atoms with van der Waals surface area (Å²) >= 11 is 0. The quantitative estimate of drug-likeness (QED) is 0.290. The second kappa shape index (κ2) is 7.98. The topological polar surface area (TPSA) is 66.2 Å². The molecule has 6 nitrogen and oxygen atoms in total. The predicted molar refractivity (Wildman–Crippen MR) is 112 cm³/mol. The van der Waals surface area contributed by atoms with Gasteiger partial charge in [0, 0.05) is 23.5 Å². The number of esters is 1. The van der Waals surface area contributed by atoms with Gasteiger partial charge in [0.15, 0.2) is 11.5 Å². The molecule has 2 heterocycles. The van der Waals surface area contributed by atoms with Crippen LogP contribution >= 0.6 is 0 Å². The molecule has 0 fully saturated rings. The van der Waals surface area contributed by atoms with Crippen molar-refractivity contribution in [1.82, 2.24) is 14.5 Å². The Balaban J connectivity index is 1.81. The fourth-order valence-corrected chi connectivity index (χ4v) is 3.16. The van der Waals surface area contributed by atoms with Crippen molar-refractivity contribution in [3.05, 3.63) is 79.3 Å². The molecule has 0 spiro atoms. The summed E-state index contributed by atoms with van der Waals surface area (Å²) in [5.74, 6) is 0.119. The molecule has 2 aromatic heterocycles. The highest BCUT2D eigenvalue weighted by molar-refractivity contribution is 6.11. The van der Waals surface area contributed by atoms with E-state index < -0.39 is 5.97 Å². The first-order chi connectivity index (χ1) is 14.2. The Kier molecular flexibility index (Phi) is 5.07. The average Bonchev–Trinajstić information content (AvgIpc) is 3.20. The minimum Gasteiger partial charge on any atom is -0.502 e. The summed E-state index contributed by atoms with van der Waals surface area (Å²) in [7, 11) is 2.83. The number of hydrogen-bond donors (Lipinski definition) is 0. The third kappa shape index (κ3) is 3.60. The van der Waals surface area contributed by atoms with Crippen molar-refractivity contribution >= 4 is 22.6 Å². The van der Waals surface area contributed by atoms with E-state index in [-0.39, 0.29) is 5.70 Å². The van der Waals surface area contributed by atoms with Crippen LogP contribution in [0.1, 0.15) is 0 Å². The number of ether oxygens (including phenoxy) is 2. The first-order valence-corrected chi connectivity index (χ1v) is 9.03. The van der Waals surface area contributed by atoms with Gasteiger partial charge in [0.2, 0.25) is 0 Å². The summed E-state index contributed by atoms with van der Waals surface area (Å²) in [5.41, 5.74) is 3.82. The standard InChI is InChI=1S/C23H19N3O3/c1-28-15-21(23(27)29-2)26-13-11-17-8-9-18(14-20(17)26)22-24-12-10-19(25-22)16-6-4-3-5-7-16/h3-15H,1-2H3. The van der Waals surface area contributed by atoms with Crippen LogP contribution in [-0.4, -0.2) is 34.7 Å². The largest absolute Gasteiger partial charge is 0.502 e. The molecule has 144 valence electrons. The summed E-state index contributed by atoms with van der Waals surface area (Å²) in [6, 6.07) is 19.7. The van der Waals surface area contributed by atoms with Crippen molar-refractivity contribution in [2.45, 2.75) is 0 Å². The van der Waals surface area contributed by atoms with E-state index in [9.17, 15) is 4.79 Å². The van der Waals surface area contributed by atoms with Gasteiger partial charge in [-0.25, -0.2) is 14.8 Å². The van der Waals surface area contributed by atoms with E-state index in [0.717, 1.165) is 27.7 Å². The zero-order valence-corrected chi connectivity index (χ0v) is 16.1. The molecule has 6 heteroatoms. The van der Waals surface area contributed by atoms with Crippen LogP contribution in [0.15, 0.2) is 79.3 Å². The van der Waals surface area contributed by atoms with Gasteiger partial charge in [-0.1, -0.05) is 42.5 Å². The van der Waals surface area contributed by atoms with E-state index >= 15 is 0 Å². The molecule has 29 heavy (non-hydrogen) atoms. The van der Waals surface area contributed by atoms with Crippen LogP contribution < -0.4 is 0 Å². The number of methoxy groups -OCH3 is 2. The zero-order chi connectivity index (χ0) is 20.2. The van der Waals surface area contributed by atoms with Crippen LogP contribution in [0.3, 0.4) is 0 Å². The predicted octanol–water partition coefficient (Wildman–Crippen LogP) is 4.38. The molecular weight excluding hydrogens is 366 g/mol. The Hall–Kier alpha value is -3.93. The highest BCUT2D eigenvalue weighted by atomic mass is 16.5. The Bertz CT molecular complexity index is 1200. The highest BCUT2D eigenvalue weighted by Crippen LogP contribution is 2.27. The van der Waals surface area contributed by atoms with Gasteiger partial charge in [-0.05, 0) is 23.6 Å². The van der Waals surface area contributed by atoms with Crippen LogP contribution in [-0.2, 0) is 14.3 Å². The number of rotatable bonds is 5. The molecule has 0 atom stereocenters. The fraction of sp³-hybridized carbons (Fsp3) is 0.0870. The van der Waals surface area contributed by atoms with Crippen molar-refractivity contribution in [3.8, 4) is 22.6 Å². The molecule has 0 aliphatic carbocycles. The van der Waals surface area contributed by atoms with Crippen LogP contribution in [0, 0.1) is 0 Å². The molecule has 0 amide bonds. The maximum Gasteiger partial charge on any atom is 0.358 e. The Morgan fingerprint density at radius 1 is 1.00 bits per heavy atom. The highest BCUT2D eigenvalue weighted by Gasteiger charge is 2.16. The van der Waals surface area contributed by atoms with Gasteiger partial charge in [0.05, 0.1) is 25.4 Å². The Morgan fingerprint density at radius 3 is 2.59 bits per heavy atom. The normalized spacial score (nSPS) is 11.4. The second-order valence-electron chi connectivity index (χ2n) is 6.32. The lowest BCUT2D eigenvalue weighted by Crippen LogP contribution is -2.10. The minimum absolute atomic E-state index is 0.279. The van der Waals surface area contributed by atoms with E-state index in [2.05, 4.69) is 4.98 Å². The van der Waals surface area contributed by atoms with Gasteiger partial charge in [-0.15, -0.1) is 0 Å². The molecule has 0 N–H and O–H groups in total. The molecular formula is C23H19N3O3.